The van der Waals surface area contributed by atoms with Gasteiger partial charge in [-0.1, -0.05) is 18.2 Å². The van der Waals surface area contributed by atoms with Gasteiger partial charge in [-0.25, -0.2) is 9.48 Å². The van der Waals surface area contributed by atoms with Crippen molar-refractivity contribution >= 4 is 18.0 Å². The van der Waals surface area contributed by atoms with Gasteiger partial charge in [0.1, 0.15) is 5.69 Å². The normalized spacial score (nSPS) is 10.9. The standard InChI is InChI=1S/C27H31N3O6/c1-4-35-16-8-15-28-25(31)19-36-26(32)14-12-21-18-30(22-9-6-5-7-10-22)29-27(21)20-11-13-23(33-2)24(17-20)34-3/h5-7,9-14,17-18H,4,8,15-16,19H2,1-3H3,(H,28,31)/b14-12+. The van der Waals surface area contributed by atoms with Gasteiger partial charge in [0.2, 0.25) is 0 Å². The Kier molecular flexibility index (Phi) is 10.1. The van der Waals surface area contributed by atoms with Gasteiger partial charge in [-0.15, -0.1) is 0 Å². The molecule has 3 rings (SSSR count). The number of nitrogens with one attached hydrogen (secondary N) is 1. The molecular weight excluding hydrogens is 462 g/mol. The van der Waals surface area contributed by atoms with Crippen molar-refractivity contribution in [1.82, 2.24) is 15.1 Å². The number of benzene rings is 2. The Hall–Kier alpha value is -4.11. The first kappa shape index (κ1) is 26.5. The third-order valence-corrected chi connectivity index (χ3v) is 5.16. The molecule has 190 valence electrons. The fraction of sp³-hybridized carbons (Fsp3) is 0.296. The topological polar surface area (TPSA) is 101 Å². The Morgan fingerprint density at radius 1 is 1.06 bits per heavy atom. The lowest BCUT2D eigenvalue weighted by Gasteiger charge is -2.09. The minimum absolute atomic E-state index is 0.358. The minimum Gasteiger partial charge on any atom is -0.493 e. The van der Waals surface area contributed by atoms with E-state index >= 15 is 0 Å². The van der Waals surface area contributed by atoms with Gasteiger partial charge in [0.25, 0.3) is 5.91 Å². The molecule has 0 aliphatic carbocycles. The van der Waals surface area contributed by atoms with Gasteiger partial charge in [0, 0.05) is 43.2 Å². The number of amides is 1. The van der Waals surface area contributed by atoms with Gasteiger partial charge in [-0.3, -0.25) is 4.79 Å². The van der Waals surface area contributed by atoms with Gasteiger partial charge in [0.05, 0.1) is 19.9 Å². The van der Waals surface area contributed by atoms with Crippen LogP contribution < -0.4 is 14.8 Å². The Morgan fingerprint density at radius 2 is 1.83 bits per heavy atom. The van der Waals surface area contributed by atoms with Crippen molar-refractivity contribution in [2.45, 2.75) is 13.3 Å². The predicted octanol–water partition coefficient (Wildman–Crippen LogP) is 3.66. The van der Waals surface area contributed by atoms with Crippen molar-refractivity contribution in [1.29, 1.82) is 0 Å². The van der Waals surface area contributed by atoms with Crippen molar-refractivity contribution in [3.8, 4) is 28.4 Å². The highest BCUT2D eigenvalue weighted by Gasteiger charge is 2.14. The Balaban J connectivity index is 1.74. The second kappa shape index (κ2) is 13.7. The number of methoxy groups -OCH3 is 2. The number of nitrogens with zero attached hydrogens (tertiary/aromatic N) is 2. The van der Waals surface area contributed by atoms with Gasteiger partial charge in [0.15, 0.2) is 18.1 Å². The number of carbonyl (C=O) groups is 2. The molecule has 1 aromatic heterocycles. The summed E-state index contributed by atoms with van der Waals surface area (Å²) in [4.78, 5) is 24.1. The first-order valence-corrected chi connectivity index (χ1v) is 11.6. The molecule has 1 N–H and O–H groups in total. The molecule has 1 heterocycles. The Morgan fingerprint density at radius 3 is 2.56 bits per heavy atom. The molecule has 0 atom stereocenters. The van der Waals surface area contributed by atoms with Crippen LogP contribution in [-0.2, 0) is 19.1 Å². The molecule has 0 aliphatic heterocycles. The molecule has 1 amide bonds. The van der Waals surface area contributed by atoms with E-state index in [0.29, 0.717) is 48.9 Å². The number of carbonyl (C=O) groups excluding carboxylic acids is 2. The van der Waals surface area contributed by atoms with Crippen molar-refractivity contribution in [3.63, 3.8) is 0 Å². The first-order chi connectivity index (χ1) is 17.5. The fourth-order valence-electron chi connectivity index (χ4n) is 3.37. The molecule has 0 radical (unpaired) electrons. The zero-order valence-corrected chi connectivity index (χ0v) is 20.7. The predicted molar refractivity (Wildman–Crippen MR) is 136 cm³/mol. The zero-order chi connectivity index (χ0) is 25.8. The van der Waals surface area contributed by atoms with Gasteiger partial charge >= 0.3 is 5.97 Å². The molecular formula is C27H31N3O6. The second-order valence-electron chi connectivity index (χ2n) is 7.62. The largest absolute Gasteiger partial charge is 0.493 e. The van der Waals surface area contributed by atoms with Crippen molar-refractivity contribution in [3.05, 3.63) is 66.4 Å². The monoisotopic (exact) mass is 493 g/mol. The highest BCUT2D eigenvalue weighted by atomic mass is 16.5. The van der Waals surface area contributed by atoms with E-state index in [-0.39, 0.29) is 12.5 Å². The van der Waals surface area contributed by atoms with E-state index in [9.17, 15) is 9.59 Å². The summed E-state index contributed by atoms with van der Waals surface area (Å²) in [6.45, 7) is 3.21. The molecule has 0 saturated heterocycles. The third-order valence-electron chi connectivity index (χ3n) is 5.16. The third kappa shape index (κ3) is 7.44. The smallest absolute Gasteiger partial charge is 0.331 e. The number of aromatic nitrogens is 2. The first-order valence-electron chi connectivity index (χ1n) is 11.6. The number of esters is 1. The average molecular weight is 494 g/mol. The van der Waals surface area contributed by atoms with Crippen molar-refractivity contribution in [2.24, 2.45) is 0 Å². The molecule has 2 aromatic carbocycles. The quantitative estimate of drug-likeness (QED) is 0.220. The molecule has 36 heavy (non-hydrogen) atoms. The lowest BCUT2D eigenvalue weighted by molar-refractivity contribution is -0.143. The van der Waals surface area contributed by atoms with Crippen LogP contribution in [0.4, 0.5) is 0 Å². The van der Waals surface area contributed by atoms with E-state index in [1.165, 1.54) is 6.08 Å². The van der Waals surface area contributed by atoms with Gasteiger partial charge in [-0.2, -0.15) is 5.10 Å². The van der Waals surface area contributed by atoms with E-state index < -0.39 is 5.97 Å². The van der Waals surface area contributed by atoms with Crippen LogP contribution in [0.15, 0.2) is 60.8 Å². The number of ether oxygens (including phenoxy) is 4. The molecule has 0 unspecified atom stereocenters. The van der Waals surface area contributed by atoms with Crippen molar-refractivity contribution < 1.29 is 28.5 Å². The number of rotatable bonds is 13. The van der Waals surface area contributed by atoms with E-state index in [2.05, 4.69) is 5.32 Å². The number of hydrogen-bond acceptors (Lipinski definition) is 7. The molecule has 0 spiro atoms. The molecule has 0 saturated carbocycles. The molecule has 0 fully saturated rings. The van der Waals surface area contributed by atoms with Crippen LogP contribution in [0.1, 0.15) is 18.9 Å². The number of hydrogen-bond donors (Lipinski definition) is 1. The van der Waals surface area contributed by atoms with Crippen LogP contribution in [0.5, 0.6) is 11.5 Å². The van der Waals surface area contributed by atoms with Crippen LogP contribution in [0, 0.1) is 0 Å². The minimum atomic E-state index is -0.634. The van der Waals surface area contributed by atoms with E-state index in [0.717, 1.165) is 11.3 Å². The average Bonchev–Trinajstić information content (AvgIpc) is 3.35. The molecule has 9 heteroatoms. The molecule has 3 aromatic rings. The van der Waals surface area contributed by atoms with Crippen LogP contribution in [-0.4, -0.2) is 62.2 Å². The van der Waals surface area contributed by atoms with E-state index in [4.69, 9.17) is 24.0 Å². The van der Waals surface area contributed by atoms with E-state index in [1.807, 2.05) is 55.6 Å². The molecule has 0 bridgehead atoms. The summed E-state index contributed by atoms with van der Waals surface area (Å²) in [5.74, 6) is 0.160. The maximum absolute atomic E-state index is 12.3. The van der Waals surface area contributed by atoms with Gasteiger partial charge in [-0.05, 0) is 49.8 Å². The lowest BCUT2D eigenvalue weighted by atomic mass is 10.1. The summed E-state index contributed by atoms with van der Waals surface area (Å²) in [6, 6.07) is 15.1. The molecule has 9 nitrogen and oxygen atoms in total. The summed E-state index contributed by atoms with van der Waals surface area (Å²) in [5, 5.41) is 7.42. The maximum Gasteiger partial charge on any atom is 0.331 e. The van der Waals surface area contributed by atoms with E-state index in [1.54, 1.807) is 31.0 Å². The van der Waals surface area contributed by atoms with Crippen LogP contribution in [0.2, 0.25) is 0 Å². The van der Waals surface area contributed by atoms with Crippen molar-refractivity contribution in [2.75, 3.05) is 40.6 Å². The Bertz CT molecular complexity index is 1170. The van der Waals surface area contributed by atoms with Gasteiger partial charge < -0.3 is 24.3 Å². The summed E-state index contributed by atoms with van der Waals surface area (Å²) >= 11 is 0. The van der Waals surface area contributed by atoms with Crippen LogP contribution in [0.25, 0.3) is 23.0 Å². The molecule has 0 aliphatic rings. The summed E-state index contributed by atoms with van der Waals surface area (Å²) < 4.78 is 22.8. The number of para-hydroxylation sites is 1. The second-order valence-corrected chi connectivity index (χ2v) is 7.62. The highest BCUT2D eigenvalue weighted by molar-refractivity contribution is 5.90. The fourth-order valence-corrected chi connectivity index (χ4v) is 3.37. The lowest BCUT2D eigenvalue weighted by Crippen LogP contribution is -2.29. The Labute approximate surface area is 210 Å². The SMILES string of the molecule is CCOCCCNC(=O)COC(=O)/C=C/c1cn(-c2ccccc2)nc1-c1ccc(OC)c(OC)c1. The summed E-state index contributed by atoms with van der Waals surface area (Å²) in [6.07, 6.45) is 5.40. The van der Waals surface area contributed by atoms with Crippen LogP contribution >= 0.6 is 0 Å². The maximum atomic E-state index is 12.3. The summed E-state index contributed by atoms with van der Waals surface area (Å²) in [7, 11) is 3.14. The summed E-state index contributed by atoms with van der Waals surface area (Å²) in [5.41, 5.74) is 2.96. The van der Waals surface area contributed by atoms with Crippen LogP contribution in [0.3, 0.4) is 0 Å². The zero-order valence-electron chi connectivity index (χ0n) is 20.7. The highest BCUT2D eigenvalue weighted by Crippen LogP contribution is 2.33.